The Morgan fingerprint density at radius 2 is 1.52 bits per heavy atom. The molecule has 0 aromatic heterocycles. The fourth-order valence-corrected chi connectivity index (χ4v) is 3.66. The summed E-state index contributed by atoms with van der Waals surface area (Å²) in [6.45, 7) is 0. The summed E-state index contributed by atoms with van der Waals surface area (Å²) in [4.78, 5) is 12.5. The minimum Gasteiger partial charge on any atom is -0.322 e. The summed E-state index contributed by atoms with van der Waals surface area (Å²) in [5.41, 5.74) is 0.849. The molecule has 5 nitrogen and oxygen atoms in total. The lowest BCUT2D eigenvalue weighted by Gasteiger charge is -2.13. The monoisotopic (exact) mass is 448 g/mol. The van der Waals surface area contributed by atoms with Gasteiger partial charge < -0.3 is 5.32 Å². The molecule has 3 rings (SSSR count). The normalized spacial score (nSPS) is 11.0. The van der Waals surface area contributed by atoms with E-state index in [1.165, 1.54) is 12.1 Å². The average molecular weight is 449 g/mol. The molecule has 0 radical (unpaired) electrons. The first-order valence-corrected chi connectivity index (χ1v) is 10.1. The van der Waals surface area contributed by atoms with Crippen molar-refractivity contribution in [1.82, 2.24) is 0 Å². The molecule has 0 saturated heterocycles. The van der Waals surface area contributed by atoms with Gasteiger partial charge in [-0.3, -0.25) is 9.52 Å². The fraction of sp³-hybridized carbons (Fsp3) is 0. The third-order valence-electron chi connectivity index (χ3n) is 3.64. The molecule has 0 heterocycles. The number of hydrogen-bond acceptors (Lipinski definition) is 3. The number of rotatable bonds is 5. The smallest absolute Gasteiger partial charge is 0.261 e. The van der Waals surface area contributed by atoms with Crippen molar-refractivity contribution in [2.24, 2.45) is 0 Å². The number of carbonyl (C=O) groups excluding carboxylic acids is 1. The fourth-order valence-electron chi connectivity index (χ4n) is 2.32. The Morgan fingerprint density at radius 3 is 2.19 bits per heavy atom. The van der Waals surface area contributed by atoms with Crippen molar-refractivity contribution in [3.8, 4) is 0 Å². The maximum atomic E-state index is 13.0. The highest BCUT2D eigenvalue weighted by atomic mass is 79.9. The topological polar surface area (TPSA) is 75.3 Å². The zero-order valence-electron chi connectivity index (χ0n) is 13.8. The number of sulfonamides is 1. The zero-order valence-corrected chi connectivity index (χ0v) is 16.2. The van der Waals surface area contributed by atoms with Crippen LogP contribution in [-0.2, 0) is 10.0 Å². The summed E-state index contributed by atoms with van der Waals surface area (Å²) in [6.07, 6.45) is 0. The molecule has 0 aliphatic rings. The predicted molar refractivity (Wildman–Crippen MR) is 106 cm³/mol. The molecule has 0 spiro atoms. The summed E-state index contributed by atoms with van der Waals surface area (Å²) in [7, 11) is -3.97. The quantitative estimate of drug-likeness (QED) is 0.596. The van der Waals surface area contributed by atoms with E-state index in [1.54, 1.807) is 36.4 Å². The van der Waals surface area contributed by atoms with E-state index in [4.69, 9.17) is 0 Å². The van der Waals surface area contributed by atoms with Crippen LogP contribution in [-0.4, -0.2) is 14.3 Å². The van der Waals surface area contributed by atoms with Gasteiger partial charge in [0, 0.05) is 10.2 Å². The Balaban J connectivity index is 1.86. The van der Waals surface area contributed by atoms with Crippen LogP contribution in [0.3, 0.4) is 0 Å². The van der Waals surface area contributed by atoms with Crippen molar-refractivity contribution in [3.63, 3.8) is 0 Å². The van der Waals surface area contributed by atoms with Crippen LogP contribution in [0.25, 0.3) is 0 Å². The van der Waals surface area contributed by atoms with E-state index in [0.717, 1.165) is 28.7 Å². The van der Waals surface area contributed by atoms with Gasteiger partial charge in [0.1, 0.15) is 5.82 Å². The maximum Gasteiger partial charge on any atom is 0.261 e. The molecule has 0 atom stereocenters. The minimum atomic E-state index is -3.97. The van der Waals surface area contributed by atoms with E-state index in [2.05, 4.69) is 26.0 Å². The lowest BCUT2D eigenvalue weighted by Crippen LogP contribution is -2.18. The van der Waals surface area contributed by atoms with E-state index in [1.807, 2.05) is 0 Å². The molecule has 138 valence electrons. The summed E-state index contributed by atoms with van der Waals surface area (Å²) in [5, 5.41) is 2.71. The molecule has 0 fully saturated rings. The molecule has 2 N–H and O–H groups in total. The third-order valence-corrected chi connectivity index (χ3v) is 5.55. The summed E-state index contributed by atoms with van der Waals surface area (Å²) in [5.74, 6) is -1.00. The van der Waals surface area contributed by atoms with Crippen LogP contribution in [0.4, 0.5) is 15.8 Å². The molecule has 0 aliphatic carbocycles. The summed E-state index contributed by atoms with van der Waals surface area (Å²) in [6, 6.07) is 17.6. The molecule has 0 saturated carbocycles. The number of benzene rings is 3. The number of carbonyl (C=O) groups is 1. The molecule has 0 unspecified atom stereocenters. The van der Waals surface area contributed by atoms with E-state index in [-0.39, 0.29) is 16.1 Å². The van der Waals surface area contributed by atoms with Gasteiger partial charge in [-0.1, -0.05) is 28.1 Å². The standard InChI is InChI=1S/C19H14BrFN2O3S/c20-13-5-9-15(10-6-13)22-19(24)17-3-1-2-4-18(17)23-27(25,26)16-11-7-14(21)8-12-16/h1-12,23H,(H,22,24). The second-order valence-corrected chi connectivity index (χ2v) is 8.16. The second-order valence-electron chi connectivity index (χ2n) is 5.57. The third kappa shape index (κ3) is 4.72. The van der Waals surface area contributed by atoms with Crippen molar-refractivity contribution in [3.05, 3.63) is 88.6 Å². The van der Waals surface area contributed by atoms with Gasteiger partial charge in [-0.2, -0.15) is 0 Å². The highest BCUT2D eigenvalue weighted by Crippen LogP contribution is 2.22. The second kappa shape index (κ2) is 7.89. The van der Waals surface area contributed by atoms with E-state index in [9.17, 15) is 17.6 Å². The Labute approximate surface area is 164 Å². The Bertz CT molecular complexity index is 1070. The van der Waals surface area contributed by atoms with Crippen LogP contribution in [0.2, 0.25) is 0 Å². The van der Waals surface area contributed by atoms with Crippen LogP contribution in [0, 0.1) is 5.82 Å². The number of para-hydroxylation sites is 1. The van der Waals surface area contributed by atoms with Crippen molar-refractivity contribution in [1.29, 1.82) is 0 Å². The van der Waals surface area contributed by atoms with Crippen LogP contribution in [0.5, 0.6) is 0 Å². The molecule has 0 bridgehead atoms. The van der Waals surface area contributed by atoms with E-state index in [0.29, 0.717) is 5.69 Å². The molecule has 27 heavy (non-hydrogen) atoms. The van der Waals surface area contributed by atoms with Crippen LogP contribution in [0.15, 0.2) is 82.2 Å². The maximum absolute atomic E-state index is 13.0. The van der Waals surface area contributed by atoms with Gasteiger partial charge in [-0.25, -0.2) is 12.8 Å². The van der Waals surface area contributed by atoms with Crippen LogP contribution >= 0.6 is 15.9 Å². The van der Waals surface area contributed by atoms with E-state index < -0.39 is 21.7 Å². The minimum absolute atomic E-state index is 0.105. The molecular weight excluding hydrogens is 435 g/mol. The Hall–Kier alpha value is -2.71. The van der Waals surface area contributed by atoms with Gasteiger partial charge in [0.25, 0.3) is 15.9 Å². The number of nitrogens with one attached hydrogen (secondary N) is 2. The molecule has 3 aromatic rings. The first-order valence-electron chi connectivity index (χ1n) is 7.79. The predicted octanol–water partition coefficient (Wildman–Crippen LogP) is 4.64. The number of amides is 1. The Morgan fingerprint density at radius 1 is 0.889 bits per heavy atom. The average Bonchev–Trinajstić information content (AvgIpc) is 2.64. The van der Waals surface area contributed by atoms with Gasteiger partial charge in [-0.05, 0) is 60.7 Å². The molecular formula is C19H14BrFN2O3S. The lowest BCUT2D eigenvalue weighted by atomic mass is 10.1. The number of anilines is 2. The van der Waals surface area contributed by atoms with E-state index >= 15 is 0 Å². The summed E-state index contributed by atoms with van der Waals surface area (Å²) >= 11 is 3.31. The van der Waals surface area contributed by atoms with Gasteiger partial charge in [0.15, 0.2) is 0 Å². The number of halogens is 2. The van der Waals surface area contributed by atoms with Crippen molar-refractivity contribution >= 4 is 43.2 Å². The van der Waals surface area contributed by atoms with Gasteiger partial charge in [0.05, 0.1) is 16.1 Å². The first-order chi connectivity index (χ1) is 12.8. The lowest BCUT2D eigenvalue weighted by molar-refractivity contribution is 0.102. The zero-order chi connectivity index (χ0) is 19.4. The summed E-state index contributed by atoms with van der Waals surface area (Å²) < 4.78 is 41.3. The van der Waals surface area contributed by atoms with Crippen LogP contribution < -0.4 is 10.0 Å². The van der Waals surface area contributed by atoms with Gasteiger partial charge in [0.2, 0.25) is 0 Å². The first kappa shape index (κ1) is 19.1. The molecule has 3 aromatic carbocycles. The van der Waals surface area contributed by atoms with Crippen molar-refractivity contribution in [2.75, 3.05) is 10.0 Å². The highest BCUT2D eigenvalue weighted by Gasteiger charge is 2.18. The molecule has 8 heteroatoms. The Kier molecular flexibility index (Phi) is 5.57. The largest absolute Gasteiger partial charge is 0.322 e. The van der Waals surface area contributed by atoms with Crippen molar-refractivity contribution < 1.29 is 17.6 Å². The number of hydrogen-bond donors (Lipinski definition) is 2. The molecule has 0 aliphatic heterocycles. The van der Waals surface area contributed by atoms with Crippen molar-refractivity contribution in [2.45, 2.75) is 4.90 Å². The van der Waals surface area contributed by atoms with Gasteiger partial charge >= 0.3 is 0 Å². The van der Waals surface area contributed by atoms with Gasteiger partial charge in [-0.15, -0.1) is 0 Å². The SMILES string of the molecule is O=C(Nc1ccc(Br)cc1)c1ccccc1NS(=O)(=O)c1ccc(F)cc1. The highest BCUT2D eigenvalue weighted by molar-refractivity contribution is 9.10. The van der Waals surface area contributed by atoms with Crippen LogP contribution in [0.1, 0.15) is 10.4 Å². The molecule has 1 amide bonds.